The van der Waals surface area contributed by atoms with E-state index in [0.29, 0.717) is 5.92 Å². The van der Waals surface area contributed by atoms with E-state index in [-0.39, 0.29) is 11.9 Å². The first-order valence-electron chi connectivity index (χ1n) is 6.59. The van der Waals surface area contributed by atoms with Crippen LogP contribution in [0.15, 0.2) is 12.1 Å². The second-order valence-electron chi connectivity index (χ2n) is 5.66. The molecule has 18 heavy (non-hydrogen) atoms. The third-order valence-electron chi connectivity index (χ3n) is 3.46. The molecule has 1 aliphatic heterocycles. The monoisotopic (exact) mass is 246 g/mol. The molecule has 0 aromatic heterocycles. The molecule has 1 atom stereocenters. The second-order valence-corrected chi connectivity index (χ2v) is 5.66. The van der Waals surface area contributed by atoms with Gasteiger partial charge in [-0.3, -0.25) is 4.79 Å². The molecule has 2 rings (SSSR count). The Bertz CT molecular complexity index is 480. The van der Waals surface area contributed by atoms with Gasteiger partial charge in [0, 0.05) is 6.54 Å². The number of rotatable bonds is 2. The minimum Gasteiger partial charge on any atom is -0.372 e. The normalized spacial score (nSPS) is 18.9. The van der Waals surface area contributed by atoms with Crippen LogP contribution in [0.25, 0.3) is 0 Å². The highest BCUT2D eigenvalue weighted by Gasteiger charge is 2.30. The van der Waals surface area contributed by atoms with E-state index < -0.39 is 0 Å². The van der Waals surface area contributed by atoms with Crippen LogP contribution in [0, 0.1) is 19.8 Å². The molecule has 1 amide bonds. The zero-order chi connectivity index (χ0) is 13.4. The molecule has 0 radical (unpaired) electrons. The van der Waals surface area contributed by atoms with Gasteiger partial charge >= 0.3 is 0 Å². The number of aryl methyl sites for hydroxylation is 2. The molecular weight excluding hydrogens is 224 g/mol. The van der Waals surface area contributed by atoms with Crippen molar-refractivity contribution in [3.05, 3.63) is 23.3 Å². The predicted octanol–water partition coefficient (Wildman–Crippen LogP) is 3.11. The minimum absolute atomic E-state index is 0.140. The first-order valence-corrected chi connectivity index (χ1v) is 6.59. The summed E-state index contributed by atoms with van der Waals surface area (Å²) in [6.07, 6.45) is 0. The molecule has 0 saturated carbocycles. The molecule has 0 aliphatic carbocycles. The van der Waals surface area contributed by atoms with Crippen molar-refractivity contribution in [3.63, 3.8) is 0 Å². The van der Waals surface area contributed by atoms with E-state index in [0.717, 1.165) is 17.9 Å². The number of anilines is 2. The lowest BCUT2D eigenvalue weighted by Gasteiger charge is -2.35. The summed E-state index contributed by atoms with van der Waals surface area (Å²) in [5, 5.41) is 3.29. The van der Waals surface area contributed by atoms with Crippen LogP contribution >= 0.6 is 0 Å². The summed E-state index contributed by atoms with van der Waals surface area (Å²) in [6.45, 7) is 11.2. The van der Waals surface area contributed by atoms with E-state index in [4.69, 9.17) is 0 Å². The molecule has 0 bridgehead atoms. The number of carbonyl (C=O) groups is 1. The van der Waals surface area contributed by atoms with Crippen molar-refractivity contribution in [2.75, 3.05) is 16.8 Å². The lowest BCUT2D eigenvalue weighted by atomic mass is 10.0. The molecule has 1 aliphatic rings. The fourth-order valence-corrected chi connectivity index (χ4v) is 2.34. The average molecular weight is 246 g/mol. The van der Waals surface area contributed by atoms with Gasteiger partial charge in [0.2, 0.25) is 5.91 Å². The van der Waals surface area contributed by atoms with Crippen LogP contribution in [0.1, 0.15) is 31.9 Å². The molecule has 1 N–H and O–H groups in total. The van der Waals surface area contributed by atoms with Crippen LogP contribution in [0.3, 0.4) is 0 Å². The third kappa shape index (κ3) is 2.22. The van der Waals surface area contributed by atoms with E-state index in [1.165, 1.54) is 11.1 Å². The number of carbonyl (C=O) groups excluding carboxylic acids is 1. The molecule has 1 unspecified atom stereocenters. The Kier molecular flexibility index (Phi) is 3.33. The Hall–Kier alpha value is -1.51. The van der Waals surface area contributed by atoms with Gasteiger partial charge in [0.25, 0.3) is 0 Å². The maximum absolute atomic E-state index is 12.3. The van der Waals surface area contributed by atoms with Gasteiger partial charge in [-0.15, -0.1) is 0 Å². The minimum atomic E-state index is -0.140. The molecule has 3 nitrogen and oxygen atoms in total. The highest BCUT2D eigenvalue weighted by Crippen LogP contribution is 2.34. The van der Waals surface area contributed by atoms with Crippen molar-refractivity contribution in [1.82, 2.24) is 0 Å². The van der Waals surface area contributed by atoms with Gasteiger partial charge in [-0.25, -0.2) is 0 Å². The van der Waals surface area contributed by atoms with Crippen LogP contribution in [0.4, 0.5) is 11.4 Å². The fourth-order valence-electron chi connectivity index (χ4n) is 2.34. The summed E-state index contributed by atoms with van der Waals surface area (Å²) in [6, 6.07) is 4.11. The average Bonchev–Trinajstić information content (AvgIpc) is 2.28. The standard InChI is InChI=1S/C15H22N2O/c1-9(2)8-17-14-7-11(4)10(3)6-13(14)16-12(5)15(17)18/h6-7,9,12,16H,8H2,1-5H3. The number of nitrogens with one attached hydrogen (secondary N) is 1. The van der Waals surface area contributed by atoms with Crippen molar-refractivity contribution in [2.24, 2.45) is 5.92 Å². The van der Waals surface area contributed by atoms with Crippen LogP contribution < -0.4 is 10.2 Å². The Balaban J connectivity index is 2.48. The van der Waals surface area contributed by atoms with Gasteiger partial charge in [-0.2, -0.15) is 0 Å². The van der Waals surface area contributed by atoms with E-state index in [1.807, 2.05) is 11.8 Å². The van der Waals surface area contributed by atoms with Gasteiger partial charge in [-0.05, 0) is 49.9 Å². The summed E-state index contributed by atoms with van der Waals surface area (Å²) in [5.74, 6) is 0.633. The molecule has 0 fully saturated rings. The van der Waals surface area contributed by atoms with Gasteiger partial charge in [0.1, 0.15) is 6.04 Å². The highest BCUT2D eigenvalue weighted by atomic mass is 16.2. The van der Waals surface area contributed by atoms with Crippen molar-refractivity contribution in [3.8, 4) is 0 Å². The number of hydrogen-bond acceptors (Lipinski definition) is 2. The summed E-state index contributed by atoms with van der Waals surface area (Å²) < 4.78 is 0. The topological polar surface area (TPSA) is 32.3 Å². The van der Waals surface area contributed by atoms with Gasteiger partial charge in [0.05, 0.1) is 11.4 Å². The maximum Gasteiger partial charge on any atom is 0.249 e. The van der Waals surface area contributed by atoms with Crippen LogP contribution in [-0.4, -0.2) is 18.5 Å². The van der Waals surface area contributed by atoms with Crippen LogP contribution in [0.5, 0.6) is 0 Å². The number of benzene rings is 1. The Morgan fingerprint density at radius 2 is 1.89 bits per heavy atom. The first-order chi connectivity index (χ1) is 8.40. The van der Waals surface area contributed by atoms with E-state index >= 15 is 0 Å². The lowest BCUT2D eigenvalue weighted by molar-refractivity contribution is -0.119. The SMILES string of the molecule is Cc1cc2c(cc1C)N(CC(C)C)C(=O)C(C)N2. The third-order valence-corrected chi connectivity index (χ3v) is 3.46. The largest absolute Gasteiger partial charge is 0.372 e. The molecule has 0 spiro atoms. The Morgan fingerprint density at radius 1 is 1.28 bits per heavy atom. The zero-order valence-electron chi connectivity index (χ0n) is 11.9. The molecule has 0 saturated heterocycles. The highest BCUT2D eigenvalue weighted by molar-refractivity contribution is 6.04. The maximum atomic E-state index is 12.3. The van der Waals surface area contributed by atoms with Crippen molar-refractivity contribution in [1.29, 1.82) is 0 Å². The van der Waals surface area contributed by atoms with Crippen LogP contribution in [0.2, 0.25) is 0 Å². The molecule has 1 aromatic rings. The fraction of sp³-hybridized carbons (Fsp3) is 0.533. The first kappa shape index (κ1) is 12.9. The zero-order valence-corrected chi connectivity index (χ0v) is 11.9. The summed E-state index contributed by atoms with van der Waals surface area (Å²) in [4.78, 5) is 14.2. The number of amides is 1. The molecule has 1 heterocycles. The summed E-state index contributed by atoms with van der Waals surface area (Å²) >= 11 is 0. The number of hydrogen-bond donors (Lipinski definition) is 1. The van der Waals surface area contributed by atoms with Crippen molar-refractivity contribution in [2.45, 2.75) is 40.7 Å². The van der Waals surface area contributed by atoms with Crippen molar-refractivity contribution >= 4 is 17.3 Å². The molecule has 1 aromatic carbocycles. The van der Waals surface area contributed by atoms with Gasteiger partial charge < -0.3 is 10.2 Å². The molecule has 3 heteroatoms. The van der Waals surface area contributed by atoms with E-state index in [2.05, 4.69) is 45.1 Å². The number of nitrogens with zero attached hydrogens (tertiary/aromatic N) is 1. The lowest BCUT2D eigenvalue weighted by Crippen LogP contribution is -2.47. The van der Waals surface area contributed by atoms with E-state index in [9.17, 15) is 4.79 Å². The van der Waals surface area contributed by atoms with Crippen LogP contribution in [-0.2, 0) is 4.79 Å². The Morgan fingerprint density at radius 3 is 2.50 bits per heavy atom. The molecule has 98 valence electrons. The van der Waals surface area contributed by atoms with E-state index in [1.54, 1.807) is 0 Å². The smallest absolute Gasteiger partial charge is 0.249 e. The van der Waals surface area contributed by atoms with Gasteiger partial charge in [-0.1, -0.05) is 13.8 Å². The van der Waals surface area contributed by atoms with Gasteiger partial charge in [0.15, 0.2) is 0 Å². The quantitative estimate of drug-likeness (QED) is 0.869. The molecular formula is C15H22N2O. The summed E-state index contributed by atoms with van der Waals surface area (Å²) in [5.41, 5.74) is 4.58. The van der Waals surface area contributed by atoms with Crippen molar-refractivity contribution < 1.29 is 4.79 Å². The number of fused-ring (bicyclic) bond motifs is 1. The summed E-state index contributed by atoms with van der Waals surface area (Å²) in [7, 11) is 0. The Labute approximate surface area is 109 Å². The second kappa shape index (κ2) is 4.63. The predicted molar refractivity (Wildman–Crippen MR) is 76.2 cm³/mol.